The molecule has 1 aromatic rings. The molecule has 3 atom stereocenters. The van der Waals surface area contributed by atoms with Crippen LogP contribution >= 0.6 is 0 Å². The van der Waals surface area contributed by atoms with Crippen molar-refractivity contribution in [3.05, 3.63) is 29.1 Å². The molecule has 0 saturated carbocycles. The van der Waals surface area contributed by atoms with E-state index in [-0.39, 0.29) is 31.0 Å². The lowest BCUT2D eigenvalue weighted by molar-refractivity contribution is 0.0545. The Morgan fingerprint density at radius 1 is 0.920 bits per heavy atom. The Morgan fingerprint density at radius 3 is 1.80 bits per heavy atom. The van der Waals surface area contributed by atoms with E-state index in [4.69, 9.17) is 4.74 Å². The van der Waals surface area contributed by atoms with Gasteiger partial charge in [-0.25, -0.2) is 18.0 Å². The summed E-state index contributed by atoms with van der Waals surface area (Å²) >= 11 is 0. The summed E-state index contributed by atoms with van der Waals surface area (Å²) in [7, 11) is 3.25. The fourth-order valence-corrected chi connectivity index (χ4v) is 3.62. The largest absolute Gasteiger partial charge is 0.484 e. The normalized spacial score (nSPS) is 25.2. The highest BCUT2D eigenvalue weighted by Crippen LogP contribution is 2.39. The average molecular weight is 364 g/mol. The van der Waals surface area contributed by atoms with Crippen LogP contribution in [0.1, 0.15) is 25.7 Å². The molecule has 4 nitrogen and oxygen atoms in total. The fourth-order valence-electron chi connectivity index (χ4n) is 3.62. The Kier molecular flexibility index (Phi) is 4.51. The standard InChI is InChI=1S/C16H17F5N2O2/c1-22(2)16(24)23-7-3-4-8(23)6-9(5-7)25-15-13(20)11(18)10(17)12(19)14(15)21/h7-9H,3-6H2,1-2H3/t7-,8+,9?. The lowest BCUT2D eigenvalue weighted by Crippen LogP contribution is -2.52. The van der Waals surface area contributed by atoms with Gasteiger partial charge in [-0.2, -0.15) is 8.78 Å². The molecule has 0 aromatic heterocycles. The third-order valence-corrected chi connectivity index (χ3v) is 4.75. The highest BCUT2D eigenvalue weighted by atomic mass is 19.2. The van der Waals surface area contributed by atoms with Crippen LogP contribution in [0.5, 0.6) is 5.75 Å². The number of fused-ring (bicyclic) bond motifs is 2. The third-order valence-electron chi connectivity index (χ3n) is 4.75. The lowest BCUT2D eigenvalue weighted by Gasteiger charge is -2.40. The number of carbonyl (C=O) groups is 1. The molecule has 1 unspecified atom stereocenters. The second-order valence-corrected chi connectivity index (χ2v) is 6.58. The zero-order valence-corrected chi connectivity index (χ0v) is 13.7. The van der Waals surface area contributed by atoms with Crippen LogP contribution in [0.15, 0.2) is 0 Å². The van der Waals surface area contributed by atoms with E-state index in [0.717, 1.165) is 0 Å². The van der Waals surface area contributed by atoms with Crippen molar-refractivity contribution in [1.29, 1.82) is 0 Å². The third kappa shape index (κ3) is 2.89. The first kappa shape index (κ1) is 17.8. The van der Waals surface area contributed by atoms with E-state index in [9.17, 15) is 26.7 Å². The minimum absolute atomic E-state index is 0.165. The number of ether oxygens (including phenoxy) is 1. The summed E-state index contributed by atoms with van der Waals surface area (Å²) in [5.41, 5.74) is 0. The Bertz CT molecular complexity index is 669. The van der Waals surface area contributed by atoms with E-state index < -0.39 is 40.9 Å². The predicted octanol–water partition coefficient (Wildman–Crippen LogP) is 3.44. The van der Waals surface area contributed by atoms with Gasteiger partial charge in [0.15, 0.2) is 5.75 Å². The molecular formula is C16H17F5N2O2. The maximum absolute atomic E-state index is 13.8. The summed E-state index contributed by atoms with van der Waals surface area (Å²) in [5, 5.41) is 0. The van der Waals surface area contributed by atoms with Crippen LogP contribution in [0.25, 0.3) is 0 Å². The van der Waals surface area contributed by atoms with Crippen molar-refractivity contribution in [2.24, 2.45) is 0 Å². The van der Waals surface area contributed by atoms with Gasteiger partial charge in [-0.15, -0.1) is 0 Å². The van der Waals surface area contributed by atoms with E-state index in [1.807, 2.05) is 0 Å². The zero-order valence-electron chi connectivity index (χ0n) is 13.7. The van der Waals surface area contributed by atoms with Gasteiger partial charge in [0.1, 0.15) is 6.10 Å². The van der Waals surface area contributed by atoms with Gasteiger partial charge in [0.2, 0.25) is 29.1 Å². The quantitative estimate of drug-likeness (QED) is 0.458. The number of nitrogens with zero attached hydrogens (tertiary/aromatic N) is 2. The topological polar surface area (TPSA) is 32.8 Å². The summed E-state index contributed by atoms with van der Waals surface area (Å²) in [5.74, 6) is -11.5. The average Bonchev–Trinajstić information content (AvgIpc) is 2.84. The second kappa shape index (κ2) is 6.34. The van der Waals surface area contributed by atoms with Gasteiger partial charge in [0.25, 0.3) is 0 Å². The predicted molar refractivity (Wildman–Crippen MR) is 77.6 cm³/mol. The summed E-state index contributed by atoms with van der Waals surface area (Å²) < 4.78 is 72.3. The first-order chi connectivity index (χ1) is 11.7. The number of carbonyl (C=O) groups excluding carboxylic acids is 1. The Balaban J connectivity index is 1.81. The van der Waals surface area contributed by atoms with Crippen LogP contribution < -0.4 is 4.74 Å². The van der Waals surface area contributed by atoms with Gasteiger partial charge in [-0.05, 0) is 12.8 Å². The van der Waals surface area contributed by atoms with Crippen molar-refractivity contribution in [2.45, 2.75) is 43.9 Å². The van der Waals surface area contributed by atoms with Gasteiger partial charge < -0.3 is 14.5 Å². The molecule has 0 aliphatic carbocycles. The SMILES string of the molecule is CN(C)C(=O)N1[C@@H]2CC[C@H]1CC(Oc1c(F)c(F)c(F)c(F)c1F)C2. The van der Waals surface area contributed by atoms with E-state index >= 15 is 0 Å². The molecule has 2 aliphatic rings. The van der Waals surface area contributed by atoms with E-state index in [1.54, 1.807) is 19.0 Å². The summed E-state index contributed by atoms with van der Waals surface area (Å²) in [6, 6.07) is -0.526. The summed E-state index contributed by atoms with van der Waals surface area (Å²) in [6.45, 7) is 0. The smallest absolute Gasteiger partial charge is 0.319 e. The van der Waals surface area contributed by atoms with Gasteiger partial charge in [0.05, 0.1) is 0 Å². The molecule has 2 saturated heterocycles. The zero-order chi connectivity index (χ0) is 18.5. The summed E-state index contributed by atoms with van der Waals surface area (Å²) in [6.07, 6.45) is 1.24. The molecule has 9 heteroatoms. The van der Waals surface area contributed by atoms with Gasteiger partial charge in [-0.1, -0.05) is 0 Å². The fraction of sp³-hybridized carbons (Fsp3) is 0.562. The van der Waals surface area contributed by atoms with E-state index in [1.165, 1.54) is 4.90 Å². The van der Waals surface area contributed by atoms with Gasteiger partial charge in [0, 0.05) is 39.0 Å². The van der Waals surface area contributed by atoms with Crippen LogP contribution in [-0.4, -0.2) is 48.1 Å². The molecular weight excluding hydrogens is 347 g/mol. The minimum atomic E-state index is -2.21. The number of hydrogen-bond donors (Lipinski definition) is 0. The van der Waals surface area contributed by atoms with Crippen molar-refractivity contribution in [2.75, 3.05) is 14.1 Å². The van der Waals surface area contributed by atoms with Gasteiger partial charge >= 0.3 is 6.03 Å². The van der Waals surface area contributed by atoms with Crippen molar-refractivity contribution >= 4 is 6.03 Å². The number of urea groups is 1. The first-order valence-electron chi connectivity index (χ1n) is 7.90. The molecule has 2 aliphatic heterocycles. The molecule has 138 valence electrons. The molecule has 0 spiro atoms. The maximum Gasteiger partial charge on any atom is 0.319 e. The number of halogens is 5. The van der Waals surface area contributed by atoms with Crippen LogP contribution in [0.3, 0.4) is 0 Å². The van der Waals surface area contributed by atoms with E-state index in [2.05, 4.69) is 0 Å². The highest BCUT2D eigenvalue weighted by Gasteiger charge is 2.45. The van der Waals surface area contributed by atoms with Crippen LogP contribution in [0, 0.1) is 29.1 Å². The van der Waals surface area contributed by atoms with Crippen LogP contribution in [0.4, 0.5) is 26.7 Å². The summed E-state index contributed by atoms with van der Waals surface area (Å²) in [4.78, 5) is 15.4. The second-order valence-electron chi connectivity index (χ2n) is 6.58. The highest BCUT2D eigenvalue weighted by molar-refractivity contribution is 5.75. The Morgan fingerprint density at radius 2 is 1.36 bits per heavy atom. The van der Waals surface area contributed by atoms with Crippen molar-refractivity contribution in [3.8, 4) is 5.75 Å². The van der Waals surface area contributed by atoms with Crippen LogP contribution in [-0.2, 0) is 0 Å². The Labute approximate surface area is 141 Å². The molecule has 2 amide bonds. The lowest BCUT2D eigenvalue weighted by atomic mass is 10.00. The molecule has 0 N–H and O–H groups in total. The van der Waals surface area contributed by atoms with Crippen molar-refractivity contribution < 1.29 is 31.5 Å². The Hall–Kier alpha value is -2.06. The van der Waals surface area contributed by atoms with Crippen molar-refractivity contribution in [1.82, 2.24) is 9.80 Å². The van der Waals surface area contributed by atoms with Crippen LogP contribution in [0.2, 0.25) is 0 Å². The van der Waals surface area contributed by atoms with E-state index in [0.29, 0.717) is 12.8 Å². The monoisotopic (exact) mass is 364 g/mol. The van der Waals surface area contributed by atoms with Crippen molar-refractivity contribution in [3.63, 3.8) is 0 Å². The number of rotatable bonds is 2. The minimum Gasteiger partial charge on any atom is -0.484 e. The molecule has 2 fully saturated rings. The molecule has 25 heavy (non-hydrogen) atoms. The molecule has 3 rings (SSSR count). The number of benzene rings is 1. The number of hydrogen-bond acceptors (Lipinski definition) is 2. The molecule has 2 bridgehead atoms. The number of piperidine rings is 1. The first-order valence-corrected chi connectivity index (χ1v) is 7.90. The molecule has 2 heterocycles. The van der Waals surface area contributed by atoms with Gasteiger partial charge in [-0.3, -0.25) is 0 Å². The molecule has 1 aromatic carbocycles. The maximum atomic E-state index is 13.8. The number of amides is 2. The molecule has 0 radical (unpaired) electrons.